The fourth-order valence-corrected chi connectivity index (χ4v) is 4.76. The Morgan fingerprint density at radius 1 is 1.11 bits per heavy atom. The topological polar surface area (TPSA) is 54.5 Å². The van der Waals surface area contributed by atoms with E-state index in [4.69, 9.17) is 4.74 Å². The van der Waals surface area contributed by atoms with Crippen LogP contribution in [0.25, 0.3) is 10.9 Å². The maximum absolute atomic E-state index is 12.3. The van der Waals surface area contributed by atoms with E-state index in [2.05, 4.69) is 39.5 Å². The van der Waals surface area contributed by atoms with Crippen LogP contribution in [0.5, 0.6) is 0 Å². The van der Waals surface area contributed by atoms with Crippen molar-refractivity contribution in [3.8, 4) is 0 Å². The third-order valence-corrected chi connectivity index (χ3v) is 6.60. The predicted molar refractivity (Wildman–Crippen MR) is 109 cm³/mol. The summed E-state index contributed by atoms with van der Waals surface area (Å²) in [5, 5.41) is 5.11. The van der Waals surface area contributed by atoms with Crippen LogP contribution in [0.3, 0.4) is 0 Å². The minimum absolute atomic E-state index is 0.340. The van der Waals surface area contributed by atoms with Crippen molar-refractivity contribution in [3.05, 3.63) is 42.1 Å². The van der Waals surface area contributed by atoms with Crippen molar-refractivity contribution >= 4 is 16.8 Å². The molecular formula is C23H29N3O2. The van der Waals surface area contributed by atoms with Gasteiger partial charge in [-0.1, -0.05) is 18.2 Å². The van der Waals surface area contributed by atoms with Gasteiger partial charge in [0.05, 0.1) is 18.7 Å². The van der Waals surface area contributed by atoms with E-state index in [1.54, 1.807) is 0 Å². The van der Waals surface area contributed by atoms with E-state index in [1.807, 2.05) is 12.3 Å². The van der Waals surface area contributed by atoms with Crippen molar-refractivity contribution in [1.82, 2.24) is 15.2 Å². The van der Waals surface area contributed by atoms with Crippen molar-refractivity contribution in [3.63, 3.8) is 0 Å². The molecule has 0 unspecified atom stereocenters. The van der Waals surface area contributed by atoms with Gasteiger partial charge in [-0.25, -0.2) is 0 Å². The number of nitrogens with one attached hydrogen (secondary N) is 1. The van der Waals surface area contributed by atoms with Crippen molar-refractivity contribution in [2.45, 2.75) is 44.2 Å². The first-order chi connectivity index (χ1) is 13.8. The lowest BCUT2D eigenvalue weighted by atomic mass is 9.92. The third-order valence-electron chi connectivity index (χ3n) is 6.60. The molecule has 3 fully saturated rings. The zero-order valence-electron chi connectivity index (χ0n) is 16.3. The Morgan fingerprint density at radius 2 is 1.93 bits per heavy atom. The highest BCUT2D eigenvalue weighted by Gasteiger charge is 2.36. The van der Waals surface area contributed by atoms with Gasteiger partial charge in [0.15, 0.2) is 0 Å². The highest BCUT2D eigenvalue weighted by Crippen LogP contribution is 2.32. The average Bonchev–Trinajstić information content (AvgIpc) is 3.50. The van der Waals surface area contributed by atoms with Gasteiger partial charge in [0.1, 0.15) is 0 Å². The minimum atomic E-state index is 0.340. The lowest BCUT2D eigenvalue weighted by molar-refractivity contribution is -0.133. The minimum Gasteiger partial charge on any atom is -0.379 e. The molecule has 5 rings (SSSR count). The number of nitrogens with zero attached hydrogens (tertiary/aromatic N) is 2. The molecule has 2 atom stereocenters. The summed E-state index contributed by atoms with van der Waals surface area (Å²) in [6, 6.07) is 11.4. The van der Waals surface area contributed by atoms with Crippen LogP contribution >= 0.6 is 0 Å². The van der Waals surface area contributed by atoms with Gasteiger partial charge in [-0.3, -0.25) is 9.78 Å². The van der Waals surface area contributed by atoms with E-state index in [1.165, 1.54) is 10.9 Å². The van der Waals surface area contributed by atoms with Crippen molar-refractivity contribution < 1.29 is 9.53 Å². The van der Waals surface area contributed by atoms with Crippen LogP contribution in [0, 0.1) is 11.8 Å². The normalized spacial score (nSPS) is 26.1. The van der Waals surface area contributed by atoms with Gasteiger partial charge in [-0.15, -0.1) is 0 Å². The summed E-state index contributed by atoms with van der Waals surface area (Å²) >= 11 is 0. The molecular weight excluding hydrogens is 350 g/mol. The van der Waals surface area contributed by atoms with Crippen LogP contribution in [0.15, 0.2) is 36.5 Å². The molecule has 1 aromatic carbocycles. The summed E-state index contributed by atoms with van der Waals surface area (Å²) in [4.78, 5) is 18.8. The zero-order valence-corrected chi connectivity index (χ0v) is 16.3. The number of ether oxygens (including phenoxy) is 1. The number of rotatable bonds is 5. The largest absolute Gasteiger partial charge is 0.379 e. The molecule has 5 heteroatoms. The molecule has 28 heavy (non-hydrogen) atoms. The van der Waals surface area contributed by atoms with E-state index < -0.39 is 0 Å². The Bertz CT molecular complexity index is 837. The van der Waals surface area contributed by atoms with Gasteiger partial charge < -0.3 is 15.0 Å². The monoisotopic (exact) mass is 379 g/mol. The summed E-state index contributed by atoms with van der Waals surface area (Å²) in [5.41, 5.74) is 2.42. The van der Waals surface area contributed by atoms with Gasteiger partial charge in [-0.2, -0.15) is 0 Å². The van der Waals surface area contributed by atoms with E-state index in [9.17, 15) is 4.79 Å². The maximum Gasteiger partial charge on any atom is 0.225 e. The fourth-order valence-electron chi connectivity index (χ4n) is 4.76. The van der Waals surface area contributed by atoms with Crippen LogP contribution in [0.4, 0.5) is 0 Å². The molecule has 3 aliphatic rings. The van der Waals surface area contributed by atoms with Crippen molar-refractivity contribution in [2.24, 2.45) is 11.8 Å². The van der Waals surface area contributed by atoms with Gasteiger partial charge in [0.2, 0.25) is 5.91 Å². The number of hydrogen-bond donors (Lipinski definition) is 1. The molecule has 0 bridgehead atoms. The molecule has 2 aliphatic heterocycles. The molecule has 1 N–H and O–H groups in total. The molecule has 1 aromatic heterocycles. The van der Waals surface area contributed by atoms with Crippen molar-refractivity contribution in [1.29, 1.82) is 0 Å². The van der Waals surface area contributed by atoms with Crippen molar-refractivity contribution in [2.75, 3.05) is 26.3 Å². The first kappa shape index (κ1) is 18.1. The number of carbonyl (C=O) groups excluding carboxylic acids is 1. The Hall–Kier alpha value is -1.98. The Morgan fingerprint density at radius 3 is 2.75 bits per heavy atom. The summed E-state index contributed by atoms with van der Waals surface area (Å²) in [5.74, 6) is 1.22. The number of pyridine rings is 1. The molecule has 5 nitrogen and oxygen atoms in total. The molecule has 2 saturated heterocycles. The van der Waals surface area contributed by atoms with Crippen LogP contribution in [0.1, 0.15) is 31.2 Å². The van der Waals surface area contributed by atoms with E-state index in [0.29, 0.717) is 29.8 Å². The number of aromatic nitrogens is 1. The number of fused-ring (bicyclic) bond motifs is 1. The van der Waals surface area contributed by atoms with Crippen LogP contribution in [-0.4, -0.2) is 54.2 Å². The second kappa shape index (κ2) is 7.80. The van der Waals surface area contributed by atoms with E-state index in [0.717, 1.165) is 63.9 Å². The zero-order chi connectivity index (χ0) is 18.9. The summed E-state index contributed by atoms with van der Waals surface area (Å²) in [6.07, 6.45) is 7.24. The maximum atomic E-state index is 12.3. The van der Waals surface area contributed by atoms with Crippen LogP contribution in [-0.2, 0) is 16.0 Å². The second-order valence-corrected chi connectivity index (χ2v) is 8.64. The summed E-state index contributed by atoms with van der Waals surface area (Å²) in [6.45, 7) is 3.41. The number of carbonyl (C=O) groups is 1. The highest BCUT2D eigenvalue weighted by atomic mass is 16.5. The first-order valence-electron chi connectivity index (χ1n) is 10.7. The number of benzene rings is 1. The van der Waals surface area contributed by atoms with Gasteiger partial charge in [-0.05, 0) is 49.8 Å². The lowest BCUT2D eigenvalue weighted by Gasteiger charge is -2.35. The number of likely N-dealkylation sites (tertiary alicyclic amines) is 1. The first-order valence-corrected chi connectivity index (χ1v) is 10.7. The summed E-state index contributed by atoms with van der Waals surface area (Å²) < 4.78 is 5.85. The smallest absolute Gasteiger partial charge is 0.225 e. The van der Waals surface area contributed by atoms with Crippen LogP contribution < -0.4 is 5.32 Å². The molecule has 1 amide bonds. The molecule has 0 radical (unpaired) electrons. The van der Waals surface area contributed by atoms with Gasteiger partial charge in [0, 0.05) is 48.6 Å². The Kier molecular flexibility index (Phi) is 5.03. The van der Waals surface area contributed by atoms with E-state index >= 15 is 0 Å². The number of hydrogen-bond acceptors (Lipinski definition) is 4. The molecule has 3 heterocycles. The molecule has 148 valence electrons. The van der Waals surface area contributed by atoms with Crippen LogP contribution in [0.2, 0.25) is 0 Å². The Balaban J connectivity index is 1.20. The summed E-state index contributed by atoms with van der Waals surface area (Å²) in [7, 11) is 0. The molecule has 1 aliphatic carbocycles. The molecule has 2 aromatic rings. The van der Waals surface area contributed by atoms with Gasteiger partial charge in [0.25, 0.3) is 0 Å². The quantitative estimate of drug-likeness (QED) is 0.868. The predicted octanol–water partition coefficient (Wildman–Crippen LogP) is 2.78. The number of amides is 1. The average molecular weight is 380 g/mol. The lowest BCUT2D eigenvalue weighted by Crippen LogP contribution is -2.50. The van der Waals surface area contributed by atoms with Gasteiger partial charge >= 0.3 is 0 Å². The fraction of sp³-hybridized carbons (Fsp3) is 0.565. The standard InChI is InChI=1S/C23H29N3O2/c27-23(16-5-6-16)26-11-8-19(9-12-26)25-22-15-28-14-18(22)13-17-7-10-24-21-4-2-1-3-20(17)21/h1-4,7,10,16,18-19,22,25H,5-6,8-9,11-15H2/t18-,22-/m1/s1. The molecule has 1 saturated carbocycles. The second-order valence-electron chi connectivity index (χ2n) is 8.64. The highest BCUT2D eigenvalue weighted by molar-refractivity contribution is 5.82. The SMILES string of the molecule is O=C(C1CC1)N1CCC(N[C@@H]2COC[C@H]2Cc2ccnc3ccccc23)CC1. The molecule has 0 spiro atoms. The number of para-hydroxylation sites is 1. The third kappa shape index (κ3) is 3.78. The van der Waals surface area contributed by atoms with E-state index in [-0.39, 0.29) is 0 Å². The number of piperidine rings is 1. The Labute approximate surface area is 166 Å².